The fourth-order valence-corrected chi connectivity index (χ4v) is 0.868. The van der Waals surface area contributed by atoms with E-state index < -0.39 is 0 Å². The van der Waals surface area contributed by atoms with Gasteiger partial charge in [0.05, 0.1) is 31.5 Å². The molecule has 0 amide bonds. The molecule has 0 spiro atoms. The van der Waals surface area contributed by atoms with Crippen molar-refractivity contribution in [2.24, 2.45) is 0 Å². The quantitative estimate of drug-likeness (QED) is 0.706. The van der Waals surface area contributed by atoms with Crippen molar-refractivity contribution < 1.29 is 4.74 Å². The van der Waals surface area contributed by atoms with E-state index in [4.69, 9.17) is 10.00 Å². The minimum atomic E-state index is 0.492. The average Bonchev–Trinajstić information content (AvgIpc) is 2.19. The molecular weight excluding hydrogens is 166 g/mol. The smallest absolute Gasteiger partial charge is 0.213 e. The first kappa shape index (κ1) is 9.33. The summed E-state index contributed by atoms with van der Waals surface area (Å²) in [5.74, 6) is 0.589. The lowest BCUT2D eigenvalue weighted by Crippen LogP contribution is -2.00. The summed E-state index contributed by atoms with van der Waals surface area (Å²) in [6.45, 7) is 0.643. The molecule has 68 valence electrons. The second-order valence-electron chi connectivity index (χ2n) is 2.42. The largest absolute Gasteiger partial charge is 0.481 e. The van der Waals surface area contributed by atoms with Gasteiger partial charge in [-0.2, -0.15) is 5.26 Å². The van der Waals surface area contributed by atoms with Crippen LogP contribution in [0.5, 0.6) is 5.88 Å². The molecule has 1 N–H and O–H groups in total. The highest BCUT2D eigenvalue weighted by Gasteiger charge is 1.93. The summed E-state index contributed by atoms with van der Waals surface area (Å²) in [4.78, 5) is 4.01. The molecule has 0 aliphatic carbocycles. The molecule has 1 rings (SSSR count). The van der Waals surface area contributed by atoms with E-state index in [1.807, 2.05) is 6.07 Å². The first-order valence-corrected chi connectivity index (χ1v) is 3.97. The number of nitrogens with one attached hydrogen (secondary N) is 1. The monoisotopic (exact) mass is 177 g/mol. The van der Waals surface area contributed by atoms with Gasteiger partial charge in [-0.05, 0) is 6.07 Å². The molecule has 0 radical (unpaired) electrons. The van der Waals surface area contributed by atoms with Crippen molar-refractivity contribution in [2.75, 3.05) is 19.0 Å². The van der Waals surface area contributed by atoms with Crippen molar-refractivity contribution in [3.8, 4) is 11.9 Å². The molecule has 0 fully saturated rings. The Balaban J connectivity index is 2.45. The molecule has 1 aromatic heterocycles. The van der Waals surface area contributed by atoms with Crippen molar-refractivity contribution in [1.29, 1.82) is 5.26 Å². The number of nitriles is 1. The normalized spacial score (nSPS) is 8.92. The molecule has 1 aromatic rings. The van der Waals surface area contributed by atoms with Gasteiger partial charge in [0.25, 0.3) is 0 Å². The van der Waals surface area contributed by atoms with Gasteiger partial charge in [-0.3, -0.25) is 0 Å². The molecule has 0 aromatic carbocycles. The number of methoxy groups -OCH3 is 1. The summed E-state index contributed by atoms with van der Waals surface area (Å²) in [6, 6.07) is 5.69. The number of nitrogens with zero attached hydrogens (tertiary/aromatic N) is 2. The predicted octanol–water partition coefficient (Wildman–Crippen LogP) is 1.42. The van der Waals surface area contributed by atoms with Gasteiger partial charge in [0, 0.05) is 12.6 Å². The van der Waals surface area contributed by atoms with Crippen LogP contribution in [0.3, 0.4) is 0 Å². The fourth-order valence-electron chi connectivity index (χ4n) is 0.868. The lowest BCUT2D eigenvalue weighted by atomic mass is 10.4. The minimum Gasteiger partial charge on any atom is -0.481 e. The Morgan fingerprint density at radius 1 is 1.62 bits per heavy atom. The van der Waals surface area contributed by atoms with E-state index in [0.29, 0.717) is 18.8 Å². The highest BCUT2D eigenvalue weighted by molar-refractivity contribution is 5.41. The van der Waals surface area contributed by atoms with Gasteiger partial charge in [-0.15, -0.1) is 0 Å². The van der Waals surface area contributed by atoms with E-state index in [9.17, 15) is 0 Å². The van der Waals surface area contributed by atoms with Crippen LogP contribution in [0.15, 0.2) is 18.3 Å². The molecule has 0 saturated heterocycles. The Kier molecular flexibility index (Phi) is 3.58. The highest BCUT2D eigenvalue weighted by atomic mass is 16.5. The summed E-state index contributed by atoms with van der Waals surface area (Å²) >= 11 is 0. The first-order valence-electron chi connectivity index (χ1n) is 3.97. The van der Waals surface area contributed by atoms with E-state index in [1.165, 1.54) is 0 Å². The summed E-state index contributed by atoms with van der Waals surface area (Å²) in [5, 5.41) is 11.4. The number of ether oxygens (including phenoxy) is 1. The highest BCUT2D eigenvalue weighted by Crippen LogP contribution is 2.10. The summed E-state index contributed by atoms with van der Waals surface area (Å²) in [5.41, 5.74) is 0.899. The predicted molar refractivity (Wildman–Crippen MR) is 49.5 cm³/mol. The second-order valence-corrected chi connectivity index (χ2v) is 2.42. The zero-order valence-corrected chi connectivity index (χ0v) is 7.45. The number of anilines is 1. The van der Waals surface area contributed by atoms with Crippen molar-refractivity contribution in [3.05, 3.63) is 18.3 Å². The average molecular weight is 177 g/mol. The summed E-state index contributed by atoms with van der Waals surface area (Å²) in [7, 11) is 1.57. The van der Waals surface area contributed by atoms with E-state index in [2.05, 4.69) is 16.4 Å². The van der Waals surface area contributed by atoms with E-state index in [1.54, 1.807) is 19.4 Å². The Morgan fingerprint density at radius 2 is 2.46 bits per heavy atom. The van der Waals surface area contributed by atoms with E-state index in [-0.39, 0.29) is 0 Å². The van der Waals surface area contributed by atoms with Crippen LogP contribution in [0.25, 0.3) is 0 Å². The SMILES string of the molecule is COc1ccc(NCCC#N)cn1. The van der Waals surface area contributed by atoms with Crippen molar-refractivity contribution in [2.45, 2.75) is 6.42 Å². The van der Waals surface area contributed by atoms with Crippen LogP contribution in [0, 0.1) is 11.3 Å². The number of hydrogen-bond acceptors (Lipinski definition) is 4. The lowest BCUT2D eigenvalue weighted by Gasteiger charge is -2.03. The van der Waals surface area contributed by atoms with Crippen LogP contribution in [-0.4, -0.2) is 18.6 Å². The zero-order valence-electron chi connectivity index (χ0n) is 7.45. The molecule has 4 nitrogen and oxygen atoms in total. The molecular formula is C9H11N3O. The van der Waals surface area contributed by atoms with Crippen LogP contribution >= 0.6 is 0 Å². The summed E-state index contributed by atoms with van der Waals surface area (Å²) in [6.07, 6.45) is 2.17. The van der Waals surface area contributed by atoms with Gasteiger partial charge < -0.3 is 10.1 Å². The van der Waals surface area contributed by atoms with Gasteiger partial charge in [0.2, 0.25) is 5.88 Å². The van der Waals surface area contributed by atoms with Crippen LogP contribution in [0.2, 0.25) is 0 Å². The topological polar surface area (TPSA) is 57.9 Å². The van der Waals surface area contributed by atoms with E-state index >= 15 is 0 Å². The maximum absolute atomic E-state index is 8.30. The van der Waals surface area contributed by atoms with Crippen LogP contribution in [0.4, 0.5) is 5.69 Å². The number of pyridine rings is 1. The molecule has 0 saturated carbocycles. The number of hydrogen-bond donors (Lipinski definition) is 1. The maximum Gasteiger partial charge on any atom is 0.213 e. The van der Waals surface area contributed by atoms with Gasteiger partial charge in [-0.1, -0.05) is 0 Å². The van der Waals surface area contributed by atoms with Gasteiger partial charge in [-0.25, -0.2) is 4.98 Å². The fraction of sp³-hybridized carbons (Fsp3) is 0.333. The van der Waals surface area contributed by atoms with Crippen molar-refractivity contribution in [3.63, 3.8) is 0 Å². The van der Waals surface area contributed by atoms with Gasteiger partial charge >= 0.3 is 0 Å². The van der Waals surface area contributed by atoms with Crippen LogP contribution in [-0.2, 0) is 0 Å². The standard InChI is InChI=1S/C9H11N3O/c1-13-9-4-3-8(7-12-9)11-6-2-5-10/h3-4,7,11H,2,6H2,1H3. The van der Waals surface area contributed by atoms with Crippen molar-refractivity contribution in [1.82, 2.24) is 4.98 Å². The lowest BCUT2D eigenvalue weighted by molar-refractivity contribution is 0.398. The summed E-state index contributed by atoms with van der Waals surface area (Å²) < 4.78 is 4.90. The van der Waals surface area contributed by atoms with Crippen LogP contribution in [0.1, 0.15) is 6.42 Å². The molecule has 4 heteroatoms. The Bertz CT molecular complexity index is 289. The van der Waals surface area contributed by atoms with Crippen LogP contribution < -0.4 is 10.1 Å². The van der Waals surface area contributed by atoms with Gasteiger partial charge in [0.15, 0.2) is 0 Å². The third-order valence-corrected chi connectivity index (χ3v) is 1.51. The molecule has 0 aliphatic rings. The molecule has 0 bridgehead atoms. The third-order valence-electron chi connectivity index (χ3n) is 1.51. The maximum atomic E-state index is 8.30. The molecule has 1 heterocycles. The molecule has 0 aliphatic heterocycles. The Morgan fingerprint density at radius 3 is 3.00 bits per heavy atom. The molecule has 0 atom stereocenters. The third kappa shape index (κ3) is 2.99. The Hall–Kier alpha value is -1.76. The molecule has 0 unspecified atom stereocenters. The van der Waals surface area contributed by atoms with E-state index in [0.717, 1.165) is 5.69 Å². The Labute approximate surface area is 77.2 Å². The first-order chi connectivity index (χ1) is 6.36. The molecule has 13 heavy (non-hydrogen) atoms. The number of rotatable bonds is 4. The van der Waals surface area contributed by atoms with Gasteiger partial charge in [0.1, 0.15) is 0 Å². The minimum absolute atomic E-state index is 0.492. The number of aromatic nitrogens is 1. The zero-order chi connectivity index (χ0) is 9.52. The van der Waals surface area contributed by atoms with Crippen molar-refractivity contribution >= 4 is 5.69 Å². The second kappa shape index (κ2) is 4.99.